The van der Waals surface area contributed by atoms with Gasteiger partial charge in [-0.05, 0) is 88.9 Å². The molecule has 1 N–H and O–H groups in total. The second-order valence-corrected chi connectivity index (χ2v) is 8.08. The van der Waals surface area contributed by atoms with Gasteiger partial charge in [-0.2, -0.15) is 0 Å². The molecular weight excluding hydrogens is 444 g/mol. The summed E-state index contributed by atoms with van der Waals surface area (Å²) in [6, 6.07) is 13.6. The standard InChI is InChI=1S/C28H36N2O5/c1-5-32-23-14-12-22(13-15-23)28-30-24(20(4)35-28)9-8-10-27(31)29-18-17-21-11-16-25(33-6-2)26(19-21)34-7-3/h11-16,19H,5-10,17-18H2,1-4H3,(H,29,31). The van der Waals surface area contributed by atoms with E-state index in [1.807, 2.05) is 70.2 Å². The lowest BCUT2D eigenvalue weighted by atomic mass is 10.1. The molecule has 0 saturated carbocycles. The first kappa shape index (κ1) is 26.1. The van der Waals surface area contributed by atoms with E-state index in [1.165, 1.54) is 0 Å². The van der Waals surface area contributed by atoms with Gasteiger partial charge >= 0.3 is 0 Å². The second kappa shape index (κ2) is 13.4. The minimum atomic E-state index is 0.0360. The number of carbonyl (C=O) groups is 1. The van der Waals surface area contributed by atoms with Crippen LogP contribution in [0.15, 0.2) is 46.9 Å². The number of rotatable bonds is 14. The molecule has 1 aromatic heterocycles. The molecule has 7 nitrogen and oxygen atoms in total. The minimum absolute atomic E-state index is 0.0360. The van der Waals surface area contributed by atoms with E-state index < -0.39 is 0 Å². The molecular formula is C28H36N2O5. The van der Waals surface area contributed by atoms with Gasteiger partial charge in [0.1, 0.15) is 11.5 Å². The maximum absolute atomic E-state index is 12.3. The van der Waals surface area contributed by atoms with E-state index in [0.29, 0.717) is 51.5 Å². The van der Waals surface area contributed by atoms with Gasteiger partial charge in [0.15, 0.2) is 11.5 Å². The molecule has 0 radical (unpaired) electrons. The summed E-state index contributed by atoms with van der Waals surface area (Å²) >= 11 is 0. The van der Waals surface area contributed by atoms with Gasteiger partial charge in [0.05, 0.1) is 25.5 Å². The Morgan fingerprint density at radius 2 is 1.63 bits per heavy atom. The molecule has 0 atom stereocenters. The van der Waals surface area contributed by atoms with Crippen LogP contribution in [-0.2, 0) is 17.6 Å². The van der Waals surface area contributed by atoms with Crippen molar-refractivity contribution in [3.63, 3.8) is 0 Å². The number of benzene rings is 2. The maximum Gasteiger partial charge on any atom is 0.226 e. The van der Waals surface area contributed by atoms with Gasteiger partial charge in [0.25, 0.3) is 0 Å². The number of nitrogens with zero attached hydrogens (tertiary/aromatic N) is 1. The fraction of sp³-hybridized carbons (Fsp3) is 0.429. The quantitative estimate of drug-likeness (QED) is 0.327. The molecule has 0 aliphatic rings. The Morgan fingerprint density at radius 1 is 0.914 bits per heavy atom. The predicted molar refractivity (Wildman–Crippen MR) is 136 cm³/mol. The molecule has 7 heteroatoms. The molecule has 0 saturated heterocycles. The zero-order valence-electron chi connectivity index (χ0n) is 21.2. The summed E-state index contributed by atoms with van der Waals surface area (Å²) < 4.78 is 22.6. The third-order valence-electron chi connectivity index (χ3n) is 5.47. The molecule has 0 aliphatic carbocycles. The zero-order valence-corrected chi connectivity index (χ0v) is 21.2. The van der Waals surface area contributed by atoms with Crippen LogP contribution in [0.25, 0.3) is 11.5 Å². The van der Waals surface area contributed by atoms with E-state index in [0.717, 1.165) is 46.3 Å². The van der Waals surface area contributed by atoms with Crippen LogP contribution < -0.4 is 19.5 Å². The van der Waals surface area contributed by atoms with Crippen LogP contribution in [0.5, 0.6) is 17.2 Å². The van der Waals surface area contributed by atoms with E-state index in [9.17, 15) is 4.79 Å². The Balaban J connectivity index is 1.43. The topological polar surface area (TPSA) is 82.8 Å². The monoisotopic (exact) mass is 480 g/mol. The number of amides is 1. The molecule has 0 bridgehead atoms. The number of aryl methyl sites for hydroxylation is 2. The van der Waals surface area contributed by atoms with Crippen LogP contribution in [0.3, 0.4) is 0 Å². The van der Waals surface area contributed by atoms with E-state index in [-0.39, 0.29) is 5.91 Å². The van der Waals surface area contributed by atoms with Crippen LogP contribution >= 0.6 is 0 Å². The first-order valence-electron chi connectivity index (χ1n) is 12.4. The van der Waals surface area contributed by atoms with Crippen LogP contribution in [0.2, 0.25) is 0 Å². The molecule has 0 fully saturated rings. The normalized spacial score (nSPS) is 10.7. The van der Waals surface area contributed by atoms with Crippen LogP contribution in [0.4, 0.5) is 0 Å². The average Bonchev–Trinajstić information content (AvgIpc) is 3.22. The molecule has 3 rings (SSSR count). The highest BCUT2D eigenvalue weighted by molar-refractivity contribution is 5.75. The maximum atomic E-state index is 12.3. The number of nitrogens with one attached hydrogen (secondary N) is 1. The van der Waals surface area contributed by atoms with Crippen molar-refractivity contribution in [3.05, 3.63) is 59.5 Å². The molecule has 0 unspecified atom stereocenters. The van der Waals surface area contributed by atoms with Gasteiger partial charge in [-0.15, -0.1) is 0 Å². The second-order valence-electron chi connectivity index (χ2n) is 8.08. The Hall–Kier alpha value is -3.48. The van der Waals surface area contributed by atoms with E-state index in [4.69, 9.17) is 18.6 Å². The molecule has 0 spiro atoms. The Bertz CT molecular complexity index is 1080. The summed E-state index contributed by atoms with van der Waals surface area (Å²) in [5.74, 6) is 3.72. The number of carbonyl (C=O) groups excluding carboxylic acids is 1. The lowest BCUT2D eigenvalue weighted by Crippen LogP contribution is -2.25. The van der Waals surface area contributed by atoms with Crippen LogP contribution in [0, 0.1) is 6.92 Å². The van der Waals surface area contributed by atoms with Crippen molar-refractivity contribution in [2.45, 2.75) is 53.4 Å². The van der Waals surface area contributed by atoms with Crippen molar-refractivity contribution >= 4 is 5.91 Å². The summed E-state index contributed by atoms with van der Waals surface area (Å²) in [6.07, 6.45) is 2.57. The van der Waals surface area contributed by atoms with Gasteiger partial charge in [-0.1, -0.05) is 6.07 Å². The first-order chi connectivity index (χ1) is 17.0. The molecule has 2 aromatic carbocycles. The highest BCUT2D eigenvalue weighted by Crippen LogP contribution is 2.29. The lowest BCUT2D eigenvalue weighted by molar-refractivity contribution is -0.121. The van der Waals surface area contributed by atoms with Crippen molar-refractivity contribution in [2.24, 2.45) is 0 Å². The zero-order chi connectivity index (χ0) is 25.0. The molecule has 0 aliphatic heterocycles. The average molecular weight is 481 g/mol. The fourth-order valence-electron chi connectivity index (χ4n) is 3.75. The van der Waals surface area contributed by atoms with Gasteiger partial charge in [0.2, 0.25) is 11.8 Å². The van der Waals surface area contributed by atoms with Crippen molar-refractivity contribution in [1.29, 1.82) is 0 Å². The van der Waals surface area contributed by atoms with Crippen molar-refractivity contribution < 1.29 is 23.4 Å². The van der Waals surface area contributed by atoms with Crippen LogP contribution in [-0.4, -0.2) is 37.3 Å². The van der Waals surface area contributed by atoms with E-state index in [1.54, 1.807) is 0 Å². The summed E-state index contributed by atoms with van der Waals surface area (Å²) in [6.45, 7) is 10.1. The van der Waals surface area contributed by atoms with Crippen molar-refractivity contribution in [1.82, 2.24) is 10.3 Å². The summed E-state index contributed by atoms with van der Waals surface area (Å²) in [4.78, 5) is 17.0. The van der Waals surface area contributed by atoms with Gasteiger partial charge in [-0.3, -0.25) is 4.79 Å². The van der Waals surface area contributed by atoms with Gasteiger partial charge in [0, 0.05) is 18.5 Å². The lowest BCUT2D eigenvalue weighted by Gasteiger charge is -2.12. The molecule has 3 aromatic rings. The summed E-state index contributed by atoms with van der Waals surface area (Å²) in [7, 11) is 0. The number of ether oxygens (including phenoxy) is 3. The SMILES string of the molecule is CCOc1ccc(-c2nc(CCCC(=O)NCCc3ccc(OCC)c(OCC)c3)c(C)o2)cc1. The number of oxazole rings is 1. The van der Waals surface area contributed by atoms with Gasteiger partial charge < -0.3 is 23.9 Å². The number of aromatic nitrogens is 1. The highest BCUT2D eigenvalue weighted by atomic mass is 16.5. The largest absolute Gasteiger partial charge is 0.494 e. The summed E-state index contributed by atoms with van der Waals surface area (Å²) in [5, 5.41) is 3.00. The van der Waals surface area contributed by atoms with Crippen molar-refractivity contribution in [2.75, 3.05) is 26.4 Å². The van der Waals surface area contributed by atoms with Crippen molar-refractivity contribution in [3.8, 4) is 28.7 Å². The van der Waals surface area contributed by atoms with Crippen LogP contribution in [0.1, 0.15) is 50.6 Å². The molecule has 188 valence electrons. The predicted octanol–water partition coefficient (Wildman–Crippen LogP) is 5.53. The molecule has 1 heterocycles. The molecule has 1 amide bonds. The Morgan fingerprint density at radius 3 is 2.34 bits per heavy atom. The smallest absolute Gasteiger partial charge is 0.226 e. The third-order valence-corrected chi connectivity index (χ3v) is 5.47. The fourth-order valence-corrected chi connectivity index (χ4v) is 3.75. The number of hydrogen-bond donors (Lipinski definition) is 1. The summed E-state index contributed by atoms with van der Waals surface area (Å²) in [5.41, 5.74) is 2.89. The third kappa shape index (κ3) is 7.77. The van der Waals surface area contributed by atoms with E-state index in [2.05, 4.69) is 10.3 Å². The molecule has 35 heavy (non-hydrogen) atoms. The van der Waals surface area contributed by atoms with E-state index >= 15 is 0 Å². The Labute approximate surface area is 207 Å². The highest BCUT2D eigenvalue weighted by Gasteiger charge is 2.13. The Kier molecular flexibility index (Phi) is 10.0. The number of hydrogen-bond acceptors (Lipinski definition) is 6. The minimum Gasteiger partial charge on any atom is -0.494 e. The first-order valence-corrected chi connectivity index (χ1v) is 12.4. The van der Waals surface area contributed by atoms with Gasteiger partial charge in [-0.25, -0.2) is 4.98 Å².